The zero-order valence-electron chi connectivity index (χ0n) is 13.2. The van der Waals surface area contributed by atoms with E-state index in [1.165, 1.54) is 0 Å². The molecule has 0 saturated carbocycles. The second-order valence-electron chi connectivity index (χ2n) is 5.69. The molecule has 0 radical (unpaired) electrons. The molecule has 2 aromatic carbocycles. The molecule has 0 spiro atoms. The first-order chi connectivity index (χ1) is 11.1. The molecule has 2 aromatic rings. The van der Waals surface area contributed by atoms with Crippen molar-refractivity contribution in [3.63, 3.8) is 0 Å². The molecule has 0 bridgehead atoms. The number of likely N-dealkylation sites (tertiary alicyclic amines) is 1. The van der Waals surface area contributed by atoms with Crippen LogP contribution < -0.4 is 10.5 Å². The summed E-state index contributed by atoms with van der Waals surface area (Å²) in [7, 11) is 0. The van der Waals surface area contributed by atoms with Gasteiger partial charge in [0.25, 0.3) is 5.91 Å². The molecule has 4 nitrogen and oxygen atoms in total. The molecule has 0 unspecified atom stereocenters. The number of benzene rings is 2. The van der Waals surface area contributed by atoms with Crippen LogP contribution in [0.3, 0.4) is 0 Å². The number of carbonyl (C=O) groups is 1. The summed E-state index contributed by atoms with van der Waals surface area (Å²) < 4.78 is 5.57. The van der Waals surface area contributed by atoms with E-state index in [0.717, 1.165) is 17.5 Å². The summed E-state index contributed by atoms with van der Waals surface area (Å²) in [4.78, 5) is 13.8. The van der Waals surface area contributed by atoms with Gasteiger partial charge in [0.05, 0.1) is 5.02 Å². The summed E-state index contributed by atoms with van der Waals surface area (Å²) in [6.07, 6.45) is 0.846. The van der Waals surface area contributed by atoms with Gasteiger partial charge >= 0.3 is 0 Å². The van der Waals surface area contributed by atoms with Crippen LogP contribution in [0.15, 0.2) is 48.5 Å². The minimum absolute atomic E-state index is 0. The van der Waals surface area contributed by atoms with Crippen molar-refractivity contribution >= 4 is 29.9 Å². The van der Waals surface area contributed by atoms with Gasteiger partial charge in [-0.15, -0.1) is 12.4 Å². The quantitative estimate of drug-likeness (QED) is 0.902. The van der Waals surface area contributed by atoms with Crippen LogP contribution in [0.2, 0.25) is 5.02 Å². The van der Waals surface area contributed by atoms with Crippen LogP contribution in [0.4, 0.5) is 0 Å². The number of nitrogens with zero attached hydrogens (tertiary/aromatic N) is 1. The summed E-state index contributed by atoms with van der Waals surface area (Å²) in [5.41, 5.74) is 7.91. The van der Waals surface area contributed by atoms with E-state index < -0.39 is 0 Å². The second-order valence-corrected chi connectivity index (χ2v) is 6.10. The topological polar surface area (TPSA) is 55.6 Å². The number of rotatable bonds is 4. The van der Waals surface area contributed by atoms with Crippen LogP contribution in [0.5, 0.6) is 5.75 Å². The van der Waals surface area contributed by atoms with Gasteiger partial charge in [0.15, 0.2) is 6.61 Å². The van der Waals surface area contributed by atoms with Gasteiger partial charge in [-0.2, -0.15) is 0 Å². The molecule has 2 N–H and O–H groups in total. The van der Waals surface area contributed by atoms with E-state index in [0.29, 0.717) is 23.9 Å². The van der Waals surface area contributed by atoms with Crippen LogP contribution in [0.25, 0.3) is 11.1 Å². The van der Waals surface area contributed by atoms with Gasteiger partial charge in [-0.25, -0.2) is 0 Å². The molecular formula is C18H20Cl2N2O2. The number of hydrogen-bond acceptors (Lipinski definition) is 3. The summed E-state index contributed by atoms with van der Waals surface area (Å²) in [6.45, 7) is 1.28. The average molecular weight is 367 g/mol. The lowest BCUT2D eigenvalue weighted by atomic mass is 10.1. The zero-order chi connectivity index (χ0) is 16.2. The molecular weight excluding hydrogens is 347 g/mol. The molecule has 0 aliphatic carbocycles. The first-order valence-electron chi connectivity index (χ1n) is 7.64. The lowest BCUT2D eigenvalue weighted by Crippen LogP contribution is -2.35. The van der Waals surface area contributed by atoms with Gasteiger partial charge in [0, 0.05) is 19.1 Å². The Morgan fingerprint density at radius 3 is 2.58 bits per heavy atom. The third kappa shape index (κ3) is 4.41. The Labute approximate surface area is 153 Å². The fourth-order valence-corrected chi connectivity index (χ4v) is 2.91. The maximum atomic E-state index is 12.1. The predicted octanol–water partition coefficient (Wildman–Crippen LogP) is 3.37. The van der Waals surface area contributed by atoms with E-state index in [9.17, 15) is 4.79 Å². The Hall–Kier alpha value is -1.75. The molecule has 1 fully saturated rings. The standard InChI is InChI=1S/C18H19ClN2O2.ClH/c19-16-10-14(13-4-2-1-3-5-13)6-7-17(16)23-12-18(22)21-9-8-15(20)11-21;/h1-7,10,15H,8-9,11-12,20H2;1H/t15-;/m1./s1. The first-order valence-corrected chi connectivity index (χ1v) is 8.02. The second kappa shape index (κ2) is 8.38. The van der Waals surface area contributed by atoms with Crippen LogP contribution in [0.1, 0.15) is 6.42 Å². The molecule has 1 amide bonds. The van der Waals surface area contributed by atoms with Crippen molar-refractivity contribution in [2.24, 2.45) is 5.73 Å². The number of amides is 1. The molecule has 6 heteroatoms. The van der Waals surface area contributed by atoms with E-state index in [-0.39, 0.29) is 31.0 Å². The highest BCUT2D eigenvalue weighted by Crippen LogP contribution is 2.30. The van der Waals surface area contributed by atoms with Gasteiger partial charge in [-0.1, -0.05) is 48.0 Å². The molecule has 0 aromatic heterocycles. The number of carbonyl (C=O) groups excluding carboxylic acids is 1. The summed E-state index contributed by atoms with van der Waals surface area (Å²) >= 11 is 6.28. The Bertz CT molecular complexity index is 695. The predicted molar refractivity (Wildman–Crippen MR) is 98.8 cm³/mol. The largest absolute Gasteiger partial charge is 0.482 e. The maximum absolute atomic E-state index is 12.1. The SMILES string of the molecule is Cl.N[C@@H]1CCN(C(=O)COc2ccc(-c3ccccc3)cc2Cl)C1. The van der Waals surface area contributed by atoms with E-state index in [4.69, 9.17) is 22.1 Å². The lowest BCUT2D eigenvalue weighted by Gasteiger charge is -2.16. The molecule has 1 atom stereocenters. The molecule has 128 valence electrons. The third-order valence-electron chi connectivity index (χ3n) is 3.97. The van der Waals surface area contributed by atoms with Crippen LogP contribution in [-0.2, 0) is 4.79 Å². The van der Waals surface area contributed by atoms with Crippen molar-refractivity contribution in [3.8, 4) is 16.9 Å². The minimum atomic E-state index is -0.0545. The highest BCUT2D eigenvalue weighted by molar-refractivity contribution is 6.32. The van der Waals surface area contributed by atoms with Gasteiger partial charge in [-0.3, -0.25) is 4.79 Å². The number of nitrogens with two attached hydrogens (primary N) is 1. The third-order valence-corrected chi connectivity index (χ3v) is 4.26. The van der Waals surface area contributed by atoms with Crippen LogP contribution >= 0.6 is 24.0 Å². The molecule has 24 heavy (non-hydrogen) atoms. The van der Waals surface area contributed by atoms with Crippen molar-refractivity contribution in [2.75, 3.05) is 19.7 Å². The van der Waals surface area contributed by atoms with Crippen molar-refractivity contribution in [1.29, 1.82) is 0 Å². The Balaban J connectivity index is 0.00000208. The van der Waals surface area contributed by atoms with E-state index in [1.54, 1.807) is 11.0 Å². The van der Waals surface area contributed by atoms with Crippen molar-refractivity contribution in [3.05, 3.63) is 53.6 Å². The lowest BCUT2D eigenvalue weighted by molar-refractivity contribution is -0.132. The molecule has 3 rings (SSSR count). The fraction of sp³-hybridized carbons (Fsp3) is 0.278. The maximum Gasteiger partial charge on any atom is 0.260 e. The van der Waals surface area contributed by atoms with Crippen molar-refractivity contribution < 1.29 is 9.53 Å². The van der Waals surface area contributed by atoms with Crippen molar-refractivity contribution in [1.82, 2.24) is 4.90 Å². The number of ether oxygens (including phenoxy) is 1. The Morgan fingerprint density at radius 2 is 1.96 bits per heavy atom. The fourth-order valence-electron chi connectivity index (χ4n) is 2.67. The van der Waals surface area contributed by atoms with Crippen LogP contribution in [0, 0.1) is 0 Å². The Kier molecular flexibility index (Phi) is 6.49. The van der Waals surface area contributed by atoms with E-state index >= 15 is 0 Å². The van der Waals surface area contributed by atoms with Crippen molar-refractivity contribution in [2.45, 2.75) is 12.5 Å². The number of halogens is 2. The van der Waals surface area contributed by atoms with Gasteiger partial charge in [-0.05, 0) is 29.7 Å². The molecule has 1 heterocycles. The van der Waals surface area contributed by atoms with Gasteiger partial charge in [0.1, 0.15) is 5.75 Å². The average Bonchev–Trinajstić information content (AvgIpc) is 3.01. The molecule has 1 aliphatic rings. The molecule has 1 saturated heterocycles. The summed E-state index contributed by atoms with van der Waals surface area (Å²) in [5, 5.41) is 0.497. The van der Waals surface area contributed by atoms with Gasteiger partial charge < -0.3 is 15.4 Å². The Morgan fingerprint density at radius 1 is 1.21 bits per heavy atom. The molecule has 1 aliphatic heterocycles. The van der Waals surface area contributed by atoms with E-state index in [2.05, 4.69) is 0 Å². The highest BCUT2D eigenvalue weighted by Gasteiger charge is 2.23. The first kappa shape index (κ1) is 18.6. The van der Waals surface area contributed by atoms with E-state index in [1.807, 2.05) is 42.5 Å². The number of hydrogen-bond donors (Lipinski definition) is 1. The normalized spacial score (nSPS) is 16.6. The zero-order valence-corrected chi connectivity index (χ0v) is 14.7. The minimum Gasteiger partial charge on any atom is -0.482 e. The highest BCUT2D eigenvalue weighted by atomic mass is 35.5. The monoisotopic (exact) mass is 366 g/mol. The summed E-state index contributed by atoms with van der Waals surface area (Å²) in [5.74, 6) is 0.462. The van der Waals surface area contributed by atoms with Gasteiger partial charge in [0.2, 0.25) is 0 Å². The van der Waals surface area contributed by atoms with Crippen LogP contribution in [-0.4, -0.2) is 36.5 Å². The smallest absolute Gasteiger partial charge is 0.260 e. The summed E-state index contributed by atoms with van der Waals surface area (Å²) in [6, 6.07) is 15.6.